The molecule has 0 bridgehead atoms. The van der Waals surface area contributed by atoms with Crippen molar-refractivity contribution in [3.8, 4) is 5.75 Å². The van der Waals surface area contributed by atoms with Crippen molar-refractivity contribution in [3.63, 3.8) is 0 Å². The van der Waals surface area contributed by atoms with Gasteiger partial charge in [0.15, 0.2) is 0 Å². The second kappa shape index (κ2) is 15.9. The fourth-order valence-corrected chi connectivity index (χ4v) is 3.77. The molecule has 0 aliphatic heterocycles. The van der Waals surface area contributed by atoms with E-state index < -0.39 is 0 Å². The Labute approximate surface area is 229 Å². The molecule has 0 unspecified atom stereocenters. The molecule has 3 aromatic rings. The normalized spacial score (nSPS) is 11.4. The number of aryl methyl sites for hydroxylation is 2. The molecule has 0 fully saturated rings. The number of phenols is 1. The molecular weight excluding hydrogens is 495 g/mol. The first-order valence-electron chi connectivity index (χ1n) is 10.9. The predicted molar refractivity (Wildman–Crippen MR) is 134 cm³/mol. The predicted octanol–water partition coefficient (Wildman–Crippen LogP) is 1.54. The quantitative estimate of drug-likeness (QED) is 0.396. The van der Waals surface area contributed by atoms with Gasteiger partial charge in [0, 0.05) is 0 Å². The molecule has 3 aromatic carbocycles. The first-order chi connectivity index (χ1) is 15.2. The summed E-state index contributed by atoms with van der Waals surface area (Å²) in [6, 6.07) is 26.5. The maximum atomic E-state index is 8.99. The van der Waals surface area contributed by atoms with E-state index in [1.165, 1.54) is 20.5 Å². The van der Waals surface area contributed by atoms with E-state index in [0.717, 1.165) is 17.5 Å². The van der Waals surface area contributed by atoms with E-state index in [2.05, 4.69) is 108 Å². The number of hydrogen-bond donors (Lipinski definition) is 1. The molecule has 0 spiro atoms. The van der Waals surface area contributed by atoms with Gasteiger partial charge in [-0.3, -0.25) is 6.08 Å². The van der Waals surface area contributed by atoms with E-state index in [-0.39, 0.29) is 24.8 Å². The number of benzene rings is 3. The molecule has 1 N–H and O–H groups in total. The third-order valence-electron chi connectivity index (χ3n) is 4.83. The van der Waals surface area contributed by atoms with Gasteiger partial charge in [0.2, 0.25) is 0 Å². The van der Waals surface area contributed by atoms with Gasteiger partial charge in [0.1, 0.15) is 5.75 Å². The summed E-state index contributed by atoms with van der Waals surface area (Å²) < 4.78 is 1.33. The number of hydrogen-bond acceptors (Lipinski definition) is 1. The van der Waals surface area contributed by atoms with E-state index in [9.17, 15) is 0 Å². The van der Waals surface area contributed by atoms with Gasteiger partial charge < -0.3 is 29.9 Å². The molecular formula is C30H33Cl2OTi-2. The minimum absolute atomic E-state index is 0. The molecule has 0 aromatic heterocycles. The van der Waals surface area contributed by atoms with Gasteiger partial charge in [0.25, 0.3) is 0 Å². The Morgan fingerprint density at radius 2 is 1.24 bits per heavy atom. The van der Waals surface area contributed by atoms with Gasteiger partial charge in [-0.25, -0.2) is 11.6 Å². The zero-order valence-corrected chi connectivity index (χ0v) is 23.6. The van der Waals surface area contributed by atoms with E-state index in [1.807, 2.05) is 32.0 Å². The number of phenolic OH excluding ortho intramolecular Hbond substituents is 1. The van der Waals surface area contributed by atoms with Crippen LogP contribution < -0.4 is 24.8 Å². The van der Waals surface area contributed by atoms with Crippen molar-refractivity contribution in [2.75, 3.05) is 0 Å². The summed E-state index contributed by atoms with van der Waals surface area (Å²) in [5.74, 6) is 0.354. The fourth-order valence-electron chi connectivity index (χ4n) is 3.25. The van der Waals surface area contributed by atoms with Crippen molar-refractivity contribution in [1.82, 2.24) is 0 Å². The van der Waals surface area contributed by atoms with Crippen LogP contribution in [0.15, 0.2) is 96.6 Å². The van der Waals surface area contributed by atoms with Crippen LogP contribution in [0.25, 0.3) is 0 Å². The number of halogens is 2. The Hall–Kier alpha value is -1.90. The Morgan fingerprint density at radius 3 is 1.53 bits per heavy atom. The Morgan fingerprint density at radius 1 is 0.794 bits per heavy atom. The standard InChI is InChI=1S/C13H10.C9H13.C8H10O.2ClH.Ti/c1-3-7-12(8-4-1)11-13-9-5-2-6-10-13;1-9(2,3)8-6-4-5-7-8;1-6-3-7(2)5-8(9)4-6;;;/h1-10H;4,6H,5H2,1-3H3;3-5,9H,1-2H3;2*1H;/q;-1;;;;+1/p-2. The van der Waals surface area contributed by atoms with Crippen LogP contribution in [0.5, 0.6) is 5.75 Å². The zero-order chi connectivity index (χ0) is 23.6. The molecule has 1 aliphatic carbocycles. The van der Waals surface area contributed by atoms with Crippen LogP contribution in [0, 0.1) is 25.3 Å². The molecule has 1 nitrogen and oxygen atoms in total. The van der Waals surface area contributed by atoms with Gasteiger partial charge in [-0.2, -0.15) is 6.08 Å². The maximum absolute atomic E-state index is 8.99. The monoisotopic (exact) mass is 527 g/mol. The molecule has 0 heterocycles. The van der Waals surface area contributed by atoms with Gasteiger partial charge in [0.05, 0.1) is 0 Å². The molecule has 0 atom stereocenters. The molecule has 0 saturated heterocycles. The van der Waals surface area contributed by atoms with Gasteiger partial charge in [-0.05, 0) is 42.5 Å². The molecule has 1 aliphatic rings. The topological polar surface area (TPSA) is 20.2 Å². The summed E-state index contributed by atoms with van der Waals surface area (Å²) in [4.78, 5) is 0. The van der Waals surface area contributed by atoms with Gasteiger partial charge in [-0.1, -0.05) is 26.8 Å². The van der Waals surface area contributed by atoms with Crippen molar-refractivity contribution in [3.05, 3.63) is 125 Å². The molecule has 0 radical (unpaired) electrons. The third-order valence-corrected chi connectivity index (χ3v) is 5.74. The second-order valence-corrected chi connectivity index (χ2v) is 9.68. The van der Waals surface area contributed by atoms with Gasteiger partial charge >= 0.3 is 95.6 Å². The summed E-state index contributed by atoms with van der Waals surface area (Å²) in [7, 11) is 0. The number of allylic oxidation sites excluding steroid dienone is 4. The summed E-state index contributed by atoms with van der Waals surface area (Å²) in [5.41, 5.74) is 6.44. The molecule has 34 heavy (non-hydrogen) atoms. The number of aromatic hydroxyl groups is 1. The van der Waals surface area contributed by atoms with Crippen LogP contribution in [0.4, 0.5) is 0 Å². The Balaban J connectivity index is 0.000000485. The first kappa shape index (κ1) is 32.1. The Kier molecular flexibility index (Phi) is 15.0. The van der Waals surface area contributed by atoms with E-state index in [0.29, 0.717) is 11.2 Å². The number of rotatable bonds is 2. The Bertz CT molecular complexity index is 974. The summed E-state index contributed by atoms with van der Waals surface area (Å²) in [6.45, 7) is 10.6. The van der Waals surface area contributed by atoms with Crippen LogP contribution in [0.3, 0.4) is 0 Å². The summed E-state index contributed by atoms with van der Waals surface area (Å²) >= 11 is 2.16. The van der Waals surface area contributed by atoms with Crippen LogP contribution in [0.1, 0.15) is 49.4 Å². The minimum atomic E-state index is 0. The van der Waals surface area contributed by atoms with Crippen LogP contribution in [-0.2, 0) is 20.0 Å². The summed E-state index contributed by atoms with van der Waals surface area (Å²) in [5, 5.41) is 8.99. The van der Waals surface area contributed by atoms with Crippen molar-refractivity contribution in [2.45, 2.75) is 41.0 Å². The van der Waals surface area contributed by atoms with E-state index in [4.69, 9.17) is 5.11 Å². The second-order valence-electron chi connectivity index (χ2n) is 8.90. The summed E-state index contributed by atoms with van der Waals surface area (Å²) in [6.07, 6.45) is 8.63. The SMILES string of the molecule is CC(C)(C)C1=[C-]CC=C1.Cc1cc(C)cc(O)c1.[Cl-].[Cl-].[Ti+]=[C](c1ccccc1)c1ccccc1. The molecule has 4 rings (SSSR count). The van der Waals surface area contributed by atoms with Crippen molar-refractivity contribution in [1.29, 1.82) is 0 Å². The van der Waals surface area contributed by atoms with Crippen LogP contribution >= 0.6 is 0 Å². The van der Waals surface area contributed by atoms with E-state index in [1.54, 1.807) is 12.1 Å². The van der Waals surface area contributed by atoms with Crippen molar-refractivity contribution < 1.29 is 49.9 Å². The van der Waals surface area contributed by atoms with Crippen LogP contribution in [0.2, 0.25) is 0 Å². The van der Waals surface area contributed by atoms with E-state index >= 15 is 0 Å². The first-order valence-corrected chi connectivity index (χ1v) is 11.7. The third kappa shape index (κ3) is 11.5. The molecule has 0 saturated carbocycles. The average Bonchev–Trinajstić information content (AvgIpc) is 3.30. The van der Waals surface area contributed by atoms with Gasteiger partial charge in [-0.15, -0.1) is 6.42 Å². The average molecular weight is 528 g/mol. The van der Waals surface area contributed by atoms with Crippen molar-refractivity contribution >= 4 is 3.81 Å². The molecule has 4 heteroatoms. The van der Waals surface area contributed by atoms with Crippen molar-refractivity contribution in [2.24, 2.45) is 5.41 Å². The molecule has 179 valence electrons. The fraction of sp³-hybridized carbons (Fsp3) is 0.233. The zero-order valence-electron chi connectivity index (χ0n) is 20.6. The molecule has 0 amide bonds. The van der Waals surface area contributed by atoms with Crippen LogP contribution in [-0.4, -0.2) is 8.92 Å².